The van der Waals surface area contributed by atoms with Gasteiger partial charge in [0, 0.05) is 25.0 Å². The third-order valence-electron chi connectivity index (χ3n) is 4.12. The van der Waals surface area contributed by atoms with E-state index in [0.717, 1.165) is 25.9 Å². The lowest BCUT2D eigenvalue weighted by Crippen LogP contribution is -2.49. The van der Waals surface area contributed by atoms with Crippen LogP contribution in [0.2, 0.25) is 0 Å². The Kier molecular flexibility index (Phi) is 5.56. The number of nitrogens with one attached hydrogen (secondary N) is 2. The molecular weight excluding hydrogens is 252 g/mol. The number of rotatable bonds is 6. The summed E-state index contributed by atoms with van der Waals surface area (Å²) in [4.78, 5) is 10.8. The Balaban J connectivity index is 1.92. The number of hydrogen-bond donors (Lipinski definition) is 3. The highest BCUT2D eigenvalue weighted by Crippen LogP contribution is 2.22. The van der Waals surface area contributed by atoms with E-state index in [-0.39, 0.29) is 12.5 Å². The van der Waals surface area contributed by atoms with Crippen molar-refractivity contribution in [3.05, 3.63) is 35.9 Å². The Bertz CT molecular complexity index is 422. The van der Waals surface area contributed by atoms with Gasteiger partial charge in [-0.1, -0.05) is 30.3 Å². The highest BCUT2D eigenvalue weighted by atomic mass is 16.4. The van der Waals surface area contributed by atoms with E-state index < -0.39 is 5.97 Å². The van der Waals surface area contributed by atoms with Gasteiger partial charge in [-0.25, -0.2) is 0 Å². The Labute approximate surface area is 120 Å². The Morgan fingerprint density at radius 3 is 2.90 bits per heavy atom. The summed E-state index contributed by atoms with van der Waals surface area (Å²) >= 11 is 0. The Morgan fingerprint density at radius 1 is 1.45 bits per heavy atom. The van der Waals surface area contributed by atoms with Gasteiger partial charge in [-0.15, -0.1) is 0 Å². The zero-order chi connectivity index (χ0) is 14.4. The van der Waals surface area contributed by atoms with Gasteiger partial charge in [0.05, 0.1) is 0 Å². The van der Waals surface area contributed by atoms with Gasteiger partial charge in [-0.2, -0.15) is 0 Å². The first-order valence-corrected chi connectivity index (χ1v) is 7.40. The second-order valence-corrected chi connectivity index (χ2v) is 5.59. The molecule has 110 valence electrons. The molecule has 4 nitrogen and oxygen atoms in total. The molecule has 1 unspecified atom stereocenters. The summed E-state index contributed by atoms with van der Waals surface area (Å²) in [5, 5.41) is 15.9. The first-order chi connectivity index (χ1) is 9.66. The summed E-state index contributed by atoms with van der Waals surface area (Å²) in [5.41, 5.74) is 1.27. The van der Waals surface area contributed by atoms with Gasteiger partial charge in [0.1, 0.15) is 0 Å². The minimum atomic E-state index is -0.696. The molecule has 1 heterocycles. The van der Waals surface area contributed by atoms with Gasteiger partial charge >= 0.3 is 5.97 Å². The van der Waals surface area contributed by atoms with Crippen molar-refractivity contribution in [3.63, 3.8) is 0 Å². The fourth-order valence-electron chi connectivity index (χ4n) is 2.92. The van der Waals surface area contributed by atoms with E-state index in [1.54, 1.807) is 0 Å². The quantitative estimate of drug-likeness (QED) is 0.745. The number of piperidine rings is 1. The van der Waals surface area contributed by atoms with Crippen LogP contribution >= 0.6 is 0 Å². The molecule has 0 radical (unpaired) electrons. The minimum Gasteiger partial charge on any atom is -0.481 e. The van der Waals surface area contributed by atoms with Crippen LogP contribution in [-0.4, -0.2) is 30.2 Å². The van der Waals surface area contributed by atoms with Crippen molar-refractivity contribution in [2.24, 2.45) is 5.92 Å². The first kappa shape index (κ1) is 15.0. The zero-order valence-electron chi connectivity index (χ0n) is 12.0. The first-order valence-electron chi connectivity index (χ1n) is 7.40. The number of carboxylic acids is 1. The van der Waals surface area contributed by atoms with Crippen molar-refractivity contribution >= 4 is 5.97 Å². The molecule has 20 heavy (non-hydrogen) atoms. The van der Waals surface area contributed by atoms with Crippen molar-refractivity contribution in [2.45, 2.75) is 38.3 Å². The topological polar surface area (TPSA) is 61.4 Å². The van der Waals surface area contributed by atoms with Gasteiger partial charge < -0.3 is 15.7 Å². The Hall–Kier alpha value is -1.39. The van der Waals surface area contributed by atoms with Crippen LogP contribution in [0.4, 0.5) is 0 Å². The lowest BCUT2D eigenvalue weighted by atomic mass is 9.87. The summed E-state index contributed by atoms with van der Waals surface area (Å²) in [7, 11) is 0. The van der Waals surface area contributed by atoms with Crippen LogP contribution in [-0.2, 0) is 4.79 Å². The molecule has 1 aromatic carbocycles. The smallest absolute Gasteiger partial charge is 0.303 e. The second-order valence-electron chi connectivity index (χ2n) is 5.59. The lowest BCUT2D eigenvalue weighted by Gasteiger charge is -2.35. The van der Waals surface area contributed by atoms with Gasteiger partial charge in [0.25, 0.3) is 0 Å². The summed E-state index contributed by atoms with van der Waals surface area (Å²) < 4.78 is 0. The summed E-state index contributed by atoms with van der Waals surface area (Å²) in [6.07, 6.45) is 2.07. The molecule has 0 aromatic heterocycles. The standard InChI is InChI=1S/C16H24N2O2/c1-12(13-5-3-2-4-6-13)18-15-11-17-10-9-14(15)7-8-16(19)20/h2-6,12,14-15,17-18H,7-11H2,1H3,(H,19,20)/t12-,14?,15-/m0/s1. The number of carbonyl (C=O) groups is 1. The average Bonchev–Trinajstić information content (AvgIpc) is 2.47. The molecule has 1 aliphatic heterocycles. The molecular formula is C16H24N2O2. The summed E-state index contributed by atoms with van der Waals surface area (Å²) in [5.74, 6) is -0.253. The SMILES string of the molecule is C[C@H](N[C@H]1CNCCC1CCC(=O)O)c1ccccc1. The molecule has 0 saturated carbocycles. The van der Waals surface area contributed by atoms with Gasteiger partial charge in [-0.05, 0) is 37.8 Å². The fourth-order valence-corrected chi connectivity index (χ4v) is 2.92. The maximum atomic E-state index is 10.8. The molecule has 3 N–H and O–H groups in total. The van der Waals surface area contributed by atoms with Crippen molar-refractivity contribution in [1.82, 2.24) is 10.6 Å². The third kappa shape index (κ3) is 4.32. The van der Waals surface area contributed by atoms with Crippen LogP contribution in [0.5, 0.6) is 0 Å². The molecule has 4 heteroatoms. The molecule has 1 saturated heterocycles. The molecule has 0 spiro atoms. The number of benzene rings is 1. The molecule has 0 bridgehead atoms. The van der Waals surface area contributed by atoms with Crippen LogP contribution in [0.25, 0.3) is 0 Å². The van der Waals surface area contributed by atoms with Crippen molar-refractivity contribution in [3.8, 4) is 0 Å². The highest BCUT2D eigenvalue weighted by Gasteiger charge is 2.26. The minimum absolute atomic E-state index is 0.266. The largest absolute Gasteiger partial charge is 0.481 e. The highest BCUT2D eigenvalue weighted by molar-refractivity contribution is 5.66. The second kappa shape index (κ2) is 7.41. The van der Waals surface area contributed by atoms with Crippen LogP contribution in [0, 0.1) is 5.92 Å². The maximum absolute atomic E-state index is 10.8. The van der Waals surface area contributed by atoms with Gasteiger partial charge in [-0.3, -0.25) is 4.79 Å². The van der Waals surface area contributed by atoms with Crippen LogP contribution in [0.1, 0.15) is 37.8 Å². The average molecular weight is 276 g/mol. The molecule has 2 rings (SSSR count). The summed E-state index contributed by atoms with van der Waals surface area (Å²) in [6, 6.07) is 11.0. The van der Waals surface area contributed by atoms with E-state index in [0.29, 0.717) is 12.0 Å². The van der Waals surface area contributed by atoms with Crippen molar-refractivity contribution in [2.75, 3.05) is 13.1 Å². The van der Waals surface area contributed by atoms with Crippen LogP contribution in [0.3, 0.4) is 0 Å². The fraction of sp³-hybridized carbons (Fsp3) is 0.562. The molecule has 3 atom stereocenters. The van der Waals surface area contributed by atoms with Gasteiger partial charge in [0.15, 0.2) is 0 Å². The van der Waals surface area contributed by atoms with E-state index in [1.807, 2.05) is 6.07 Å². The normalized spacial score (nSPS) is 24.2. The Morgan fingerprint density at radius 2 is 2.20 bits per heavy atom. The van der Waals surface area contributed by atoms with Crippen molar-refractivity contribution in [1.29, 1.82) is 0 Å². The monoisotopic (exact) mass is 276 g/mol. The molecule has 1 aliphatic rings. The van der Waals surface area contributed by atoms with Crippen LogP contribution in [0.15, 0.2) is 30.3 Å². The summed E-state index contributed by atoms with van der Waals surface area (Å²) in [6.45, 7) is 4.07. The molecule has 0 amide bonds. The van der Waals surface area contributed by atoms with E-state index in [4.69, 9.17) is 5.11 Å². The predicted molar refractivity (Wildman–Crippen MR) is 79.6 cm³/mol. The molecule has 1 fully saturated rings. The van der Waals surface area contributed by atoms with E-state index >= 15 is 0 Å². The predicted octanol–water partition coefficient (Wildman–Crippen LogP) is 2.18. The zero-order valence-corrected chi connectivity index (χ0v) is 12.0. The van der Waals surface area contributed by atoms with Gasteiger partial charge in [0.2, 0.25) is 0 Å². The molecule has 1 aromatic rings. The number of aliphatic carboxylic acids is 1. The maximum Gasteiger partial charge on any atom is 0.303 e. The van der Waals surface area contributed by atoms with E-state index in [2.05, 4.69) is 41.8 Å². The van der Waals surface area contributed by atoms with E-state index in [1.165, 1.54) is 5.56 Å². The van der Waals surface area contributed by atoms with E-state index in [9.17, 15) is 4.79 Å². The lowest BCUT2D eigenvalue weighted by molar-refractivity contribution is -0.137. The molecule has 0 aliphatic carbocycles. The van der Waals surface area contributed by atoms with Crippen molar-refractivity contribution < 1.29 is 9.90 Å². The van der Waals surface area contributed by atoms with Crippen LogP contribution < -0.4 is 10.6 Å². The number of hydrogen-bond acceptors (Lipinski definition) is 3. The third-order valence-corrected chi connectivity index (χ3v) is 4.12. The number of carboxylic acid groups (broad SMARTS) is 1.